The number of halogens is 1. The van der Waals surface area contributed by atoms with E-state index in [9.17, 15) is 4.79 Å². The maximum Gasteiger partial charge on any atom is 0.233 e. The van der Waals surface area contributed by atoms with Crippen LogP contribution in [-0.2, 0) is 4.79 Å². The number of nitrogens with zero attached hydrogens (tertiary/aromatic N) is 2. The lowest BCUT2D eigenvalue weighted by atomic mass is 9.78. The van der Waals surface area contributed by atoms with Crippen molar-refractivity contribution in [2.24, 2.45) is 5.92 Å². The quantitative estimate of drug-likeness (QED) is 0.779. The highest BCUT2D eigenvalue weighted by Crippen LogP contribution is 2.49. The van der Waals surface area contributed by atoms with Crippen LogP contribution >= 0.6 is 23.8 Å². The smallest absolute Gasteiger partial charge is 0.233 e. The van der Waals surface area contributed by atoms with Crippen LogP contribution in [0.15, 0.2) is 48.5 Å². The fourth-order valence-electron chi connectivity index (χ4n) is 3.96. The van der Waals surface area contributed by atoms with Gasteiger partial charge in [-0.15, -0.1) is 0 Å². The average Bonchev–Trinajstić information content (AvgIpc) is 2.62. The molecular formula is C20H20ClN3O2S. The van der Waals surface area contributed by atoms with E-state index >= 15 is 0 Å². The minimum atomic E-state index is -0.976. The molecule has 2 heterocycles. The van der Waals surface area contributed by atoms with E-state index in [-0.39, 0.29) is 11.9 Å². The van der Waals surface area contributed by atoms with E-state index in [0.717, 1.165) is 17.0 Å². The van der Waals surface area contributed by atoms with Crippen LogP contribution in [0.2, 0.25) is 5.02 Å². The van der Waals surface area contributed by atoms with E-state index in [2.05, 4.69) is 5.32 Å². The molecule has 1 fully saturated rings. The minimum absolute atomic E-state index is 0.0223. The van der Waals surface area contributed by atoms with Crippen molar-refractivity contribution in [1.29, 1.82) is 0 Å². The van der Waals surface area contributed by atoms with Gasteiger partial charge in [0.2, 0.25) is 5.91 Å². The van der Waals surface area contributed by atoms with Gasteiger partial charge in [-0.25, -0.2) is 0 Å². The van der Waals surface area contributed by atoms with Gasteiger partial charge in [-0.05, 0) is 49.5 Å². The van der Waals surface area contributed by atoms with Crippen molar-refractivity contribution in [3.8, 4) is 5.75 Å². The number of anilines is 1. The number of amides is 1. The van der Waals surface area contributed by atoms with Gasteiger partial charge < -0.3 is 15.0 Å². The van der Waals surface area contributed by atoms with Gasteiger partial charge in [0.25, 0.3) is 0 Å². The van der Waals surface area contributed by atoms with Crippen LogP contribution < -0.4 is 15.0 Å². The Balaban J connectivity index is 1.90. The number of carbonyl (C=O) groups is 1. The Morgan fingerprint density at radius 1 is 1.22 bits per heavy atom. The van der Waals surface area contributed by atoms with Crippen molar-refractivity contribution in [3.63, 3.8) is 0 Å². The molecule has 0 saturated carbocycles. The molecule has 1 saturated heterocycles. The molecule has 0 radical (unpaired) electrons. The summed E-state index contributed by atoms with van der Waals surface area (Å²) in [7, 11) is 3.51. The summed E-state index contributed by atoms with van der Waals surface area (Å²) in [4.78, 5) is 16.7. The first-order valence-corrected chi connectivity index (χ1v) is 9.47. The van der Waals surface area contributed by atoms with Crippen molar-refractivity contribution in [3.05, 3.63) is 59.1 Å². The number of hydrogen-bond donors (Lipinski definition) is 1. The van der Waals surface area contributed by atoms with Crippen LogP contribution in [-0.4, -0.2) is 35.7 Å². The van der Waals surface area contributed by atoms with Gasteiger partial charge in [0.15, 0.2) is 10.8 Å². The Kier molecular flexibility index (Phi) is 4.28. The monoisotopic (exact) mass is 401 g/mol. The molecule has 2 aliphatic heterocycles. The standard InChI is InChI=1S/C20H20ClN3O2S/c1-20-16(18(25)23(2)3)17(14-6-4-5-7-15(14)26-20)22-19(27)24(20)13-10-8-12(21)9-11-13/h4-11,16-17H,1-3H3,(H,22,27)/t16-,17+,20+/m1/s1. The number of ether oxygens (including phenoxy) is 1. The molecule has 3 atom stereocenters. The Labute approximate surface area is 168 Å². The Morgan fingerprint density at radius 2 is 1.89 bits per heavy atom. The number of hydrogen-bond acceptors (Lipinski definition) is 3. The molecule has 1 N–H and O–H groups in total. The number of para-hydroxylation sites is 1. The van der Waals surface area contributed by atoms with Crippen molar-refractivity contribution in [1.82, 2.24) is 10.2 Å². The van der Waals surface area contributed by atoms with E-state index in [0.29, 0.717) is 10.1 Å². The second-order valence-electron chi connectivity index (χ2n) is 7.14. The van der Waals surface area contributed by atoms with Crippen molar-refractivity contribution >= 4 is 40.5 Å². The Morgan fingerprint density at radius 3 is 2.56 bits per heavy atom. The van der Waals surface area contributed by atoms with E-state index < -0.39 is 11.6 Å². The van der Waals surface area contributed by atoms with E-state index in [1.54, 1.807) is 31.1 Å². The van der Waals surface area contributed by atoms with Gasteiger partial charge in [0.1, 0.15) is 11.7 Å². The molecular weight excluding hydrogens is 382 g/mol. The van der Waals surface area contributed by atoms with Gasteiger partial charge in [-0.2, -0.15) is 0 Å². The number of nitrogens with one attached hydrogen (secondary N) is 1. The maximum atomic E-state index is 13.2. The number of benzene rings is 2. The molecule has 0 aliphatic carbocycles. The van der Waals surface area contributed by atoms with Crippen LogP contribution in [0, 0.1) is 5.92 Å². The summed E-state index contributed by atoms with van der Waals surface area (Å²) >= 11 is 11.7. The zero-order valence-corrected chi connectivity index (χ0v) is 16.8. The first-order valence-electron chi connectivity index (χ1n) is 8.68. The van der Waals surface area contributed by atoms with Crippen LogP contribution in [0.4, 0.5) is 5.69 Å². The number of fused-ring (bicyclic) bond motifs is 4. The summed E-state index contributed by atoms with van der Waals surface area (Å²) in [5, 5.41) is 4.52. The third kappa shape index (κ3) is 2.75. The number of thiocarbonyl (C=S) groups is 1. The average molecular weight is 402 g/mol. The minimum Gasteiger partial charge on any atom is -0.467 e. The van der Waals surface area contributed by atoms with Crippen molar-refractivity contribution < 1.29 is 9.53 Å². The lowest BCUT2D eigenvalue weighted by Gasteiger charge is -2.56. The molecule has 1 amide bonds. The van der Waals surface area contributed by atoms with Crippen LogP contribution in [0.25, 0.3) is 0 Å². The van der Waals surface area contributed by atoms with Gasteiger partial charge in [0.05, 0.1) is 6.04 Å². The molecule has 2 aromatic carbocycles. The molecule has 5 nitrogen and oxygen atoms in total. The molecule has 2 aromatic rings. The molecule has 0 spiro atoms. The third-order valence-corrected chi connectivity index (χ3v) is 5.75. The molecule has 4 rings (SSSR count). The molecule has 0 unspecified atom stereocenters. The van der Waals surface area contributed by atoms with Crippen LogP contribution in [0.5, 0.6) is 5.75 Å². The highest BCUT2D eigenvalue weighted by atomic mass is 35.5. The predicted molar refractivity (Wildman–Crippen MR) is 110 cm³/mol. The first kappa shape index (κ1) is 18.1. The molecule has 2 aliphatic rings. The summed E-state index contributed by atoms with van der Waals surface area (Å²) in [5.41, 5.74) is 0.776. The summed E-state index contributed by atoms with van der Waals surface area (Å²) in [6.07, 6.45) is 0. The maximum absolute atomic E-state index is 13.2. The largest absolute Gasteiger partial charge is 0.467 e. The lowest BCUT2D eigenvalue weighted by Crippen LogP contribution is -2.72. The highest BCUT2D eigenvalue weighted by Gasteiger charge is 2.59. The molecule has 140 valence electrons. The topological polar surface area (TPSA) is 44.8 Å². The Hall–Kier alpha value is -2.31. The van der Waals surface area contributed by atoms with Crippen molar-refractivity contribution in [2.45, 2.75) is 18.7 Å². The first-order chi connectivity index (χ1) is 12.8. The van der Waals surface area contributed by atoms with E-state index in [4.69, 9.17) is 28.6 Å². The second kappa shape index (κ2) is 6.39. The third-order valence-electron chi connectivity index (χ3n) is 5.20. The number of rotatable bonds is 2. The summed E-state index contributed by atoms with van der Waals surface area (Å²) in [6.45, 7) is 1.92. The predicted octanol–water partition coefficient (Wildman–Crippen LogP) is 3.59. The zero-order valence-electron chi connectivity index (χ0n) is 15.3. The fourth-order valence-corrected chi connectivity index (χ4v) is 4.50. The molecule has 7 heteroatoms. The van der Waals surface area contributed by atoms with Gasteiger partial charge >= 0.3 is 0 Å². The number of carbonyl (C=O) groups excluding carboxylic acids is 1. The molecule has 0 aromatic heterocycles. The highest BCUT2D eigenvalue weighted by molar-refractivity contribution is 7.80. The summed E-state index contributed by atoms with van der Waals surface area (Å²) < 4.78 is 6.46. The molecule has 2 bridgehead atoms. The molecule has 27 heavy (non-hydrogen) atoms. The SMILES string of the molecule is CN(C)C(=O)[C@H]1[C@H]2NC(=S)N(c3ccc(Cl)cc3)[C@@]1(C)Oc1ccccc12. The Bertz CT molecular complexity index is 918. The van der Waals surface area contributed by atoms with Crippen LogP contribution in [0.1, 0.15) is 18.5 Å². The van der Waals surface area contributed by atoms with Crippen molar-refractivity contribution in [2.75, 3.05) is 19.0 Å². The van der Waals surface area contributed by atoms with Gasteiger partial charge in [0, 0.05) is 30.4 Å². The van der Waals surface area contributed by atoms with Crippen LogP contribution in [0.3, 0.4) is 0 Å². The lowest BCUT2D eigenvalue weighted by molar-refractivity contribution is -0.144. The summed E-state index contributed by atoms with van der Waals surface area (Å²) in [6, 6.07) is 14.9. The normalized spacial score (nSPS) is 25.9. The van der Waals surface area contributed by atoms with E-state index in [1.807, 2.05) is 48.2 Å². The fraction of sp³-hybridized carbons (Fsp3) is 0.300. The second-order valence-corrected chi connectivity index (χ2v) is 7.97. The van der Waals surface area contributed by atoms with Gasteiger partial charge in [-0.3, -0.25) is 9.69 Å². The van der Waals surface area contributed by atoms with E-state index in [1.165, 1.54) is 0 Å². The zero-order chi connectivity index (χ0) is 19.3. The van der Waals surface area contributed by atoms with Gasteiger partial charge in [-0.1, -0.05) is 29.8 Å². The summed E-state index contributed by atoms with van der Waals surface area (Å²) in [5.74, 6) is 0.248.